The second-order valence-electron chi connectivity index (χ2n) is 16.4. The molecule has 4 heteroatoms. The first-order valence-corrected chi connectivity index (χ1v) is 18.1. The van der Waals surface area contributed by atoms with E-state index < -0.39 is 11.2 Å². The zero-order valence-corrected chi connectivity index (χ0v) is 31.4. The number of rotatable bonds is 11. The number of hydrogen-bond donors (Lipinski definition) is 1. The van der Waals surface area contributed by atoms with Crippen LogP contribution in [0.3, 0.4) is 0 Å². The van der Waals surface area contributed by atoms with Crippen molar-refractivity contribution in [1.82, 2.24) is 0 Å². The number of hydrogen-bond acceptors (Lipinski definition) is 4. The quantitative estimate of drug-likeness (QED) is 0.163. The Hall–Kier alpha value is -3.60. The number of benzene rings is 4. The van der Waals surface area contributed by atoms with Gasteiger partial charge in [-0.2, -0.15) is 0 Å². The summed E-state index contributed by atoms with van der Waals surface area (Å²) in [6.07, 6.45) is 3.89. The van der Waals surface area contributed by atoms with Gasteiger partial charge in [0.2, 0.25) is 0 Å². The molecule has 1 aliphatic heterocycles. The number of ether oxygens (including phenoxy) is 3. The normalized spacial score (nSPS) is 19.6. The van der Waals surface area contributed by atoms with Crippen molar-refractivity contribution < 1.29 is 19.3 Å². The third-order valence-electron chi connectivity index (χ3n) is 11.3. The van der Waals surface area contributed by atoms with E-state index in [4.69, 9.17) is 14.2 Å². The van der Waals surface area contributed by atoms with Gasteiger partial charge in [0.25, 0.3) is 0 Å². The van der Waals surface area contributed by atoms with Gasteiger partial charge in [0.05, 0.1) is 12.2 Å². The summed E-state index contributed by atoms with van der Waals surface area (Å²) in [7, 11) is 0. The fraction of sp³-hybridized carbons (Fsp3) is 0.467. The predicted molar refractivity (Wildman–Crippen MR) is 201 cm³/mol. The highest BCUT2D eigenvalue weighted by Crippen LogP contribution is 2.49. The molecule has 0 spiro atoms. The molecule has 1 aliphatic carbocycles. The molecule has 4 nitrogen and oxygen atoms in total. The lowest BCUT2D eigenvalue weighted by Crippen LogP contribution is -2.28. The number of epoxide rings is 1. The first kappa shape index (κ1) is 35.2. The maximum Gasteiger partial charge on any atom is 0.129 e. The van der Waals surface area contributed by atoms with Crippen molar-refractivity contribution in [3.63, 3.8) is 0 Å². The van der Waals surface area contributed by atoms with E-state index in [1.165, 1.54) is 58.2 Å². The predicted octanol–water partition coefficient (Wildman–Crippen LogP) is 10.8. The van der Waals surface area contributed by atoms with Gasteiger partial charge < -0.3 is 19.3 Å². The van der Waals surface area contributed by atoms with Crippen LogP contribution in [0.4, 0.5) is 0 Å². The molecule has 49 heavy (non-hydrogen) atoms. The molecule has 2 aliphatic rings. The smallest absolute Gasteiger partial charge is 0.129 e. The molecule has 2 fully saturated rings. The molecule has 0 aromatic heterocycles. The first-order chi connectivity index (χ1) is 23.0. The lowest BCUT2D eigenvalue weighted by Gasteiger charge is -2.33. The molecule has 4 aromatic carbocycles. The molecule has 0 radical (unpaired) electrons. The lowest BCUT2D eigenvalue weighted by molar-refractivity contribution is 0.0786. The van der Waals surface area contributed by atoms with E-state index >= 15 is 0 Å². The molecule has 6 rings (SSSR count). The monoisotopic (exact) mass is 660 g/mol. The Morgan fingerprint density at radius 2 is 1.24 bits per heavy atom. The van der Waals surface area contributed by atoms with E-state index in [9.17, 15) is 5.11 Å². The molecule has 3 atom stereocenters. The van der Waals surface area contributed by atoms with Crippen LogP contribution in [0.2, 0.25) is 0 Å². The van der Waals surface area contributed by atoms with Crippen LogP contribution in [0, 0.1) is 33.6 Å². The molecular formula is C45H56O4. The molecular weight excluding hydrogens is 604 g/mol. The third kappa shape index (κ3) is 7.61. The SMILES string of the molecule is Cc1cc(OC(C)(C)c2c(C)cc(C3CCC(C(C)(C)c4ccc(-c5ccc(C(C)(C)O)cc5)cc4)C3)cc2C)cc(C)c1OCC1CO1. The van der Waals surface area contributed by atoms with Crippen molar-refractivity contribution in [2.75, 3.05) is 13.2 Å². The summed E-state index contributed by atoms with van der Waals surface area (Å²) in [4.78, 5) is 0. The summed E-state index contributed by atoms with van der Waals surface area (Å²) in [6.45, 7) is 23.0. The fourth-order valence-electron chi connectivity index (χ4n) is 8.40. The maximum absolute atomic E-state index is 10.3. The summed E-state index contributed by atoms with van der Waals surface area (Å²) in [6, 6.07) is 26.5. The highest BCUT2D eigenvalue weighted by molar-refractivity contribution is 5.64. The van der Waals surface area contributed by atoms with Crippen molar-refractivity contribution >= 4 is 0 Å². The second-order valence-corrected chi connectivity index (χ2v) is 16.4. The molecule has 1 saturated heterocycles. The Bertz CT molecular complexity index is 1740. The minimum Gasteiger partial charge on any atom is -0.490 e. The van der Waals surface area contributed by atoms with Gasteiger partial charge in [-0.15, -0.1) is 0 Å². The topological polar surface area (TPSA) is 51.2 Å². The Kier molecular flexibility index (Phi) is 9.54. The molecule has 0 bridgehead atoms. The van der Waals surface area contributed by atoms with E-state index in [2.05, 4.69) is 116 Å². The summed E-state index contributed by atoms with van der Waals surface area (Å²) < 4.78 is 18.1. The van der Waals surface area contributed by atoms with Crippen molar-refractivity contribution in [3.8, 4) is 22.6 Å². The summed E-state index contributed by atoms with van der Waals surface area (Å²) >= 11 is 0. The highest BCUT2D eigenvalue weighted by atomic mass is 16.6. The maximum atomic E-state index is 10.3. The molecule has 4 aromatic rings. The Morgan fingerprint density at radius 3 is 1.76 bits per heavy atom. The minimum atomic E-state index is -0.830. The van der Waals surface area contributed by atoms with E-state index in [0.29, 0.717) is 18.4 Å². The third-order valence-corrected chi connectivity index (χ3v) is 11.3. The number of aryl methyl sites for hydroxylation is 4. The minimum absolute atomic E-state index is 0.0838. The summed E-state index contributed by atoms with van der Waals surface area (Å²) in [5, 5.41) is 10.3. The van der Waals surface area contributed by atoms with Crippen molar-refractivity contribution in [3.05, 3.63) is 117 Å². The van der Waals surface area contributed by atoms with Crippen molar-refractivity contribution in [2.24, 2.45) is 5.92 Å². The summed E-state index contributed by atoms with van der Waals surface area (Å²) in [5.74, 6) is 2.98. The van der Waals surface area contributed by atoms with Crippen LogP contribution in [0.25, 0.3) is 11.1 Å². The second kappa shape index (κ2) is 13.3. The highest BCUT2D eigenvalue weighted by Gasteiger charge is 2.38. The van der Waals surface area contributed by atoms with E-state index in [-0.39, 0.29) is 11.5 Å². The first-order valence-electron chi connectivity index (χ1n) is 18.1. The molecule has 3 unspecified atom stereocenters. The summed E-state index contributed by atoms with van der Waals surface area (Å²) in [5.41, 5.74) is 11.0. The Balaban J connectivity index is 1.13. The Labute approximate surface area is 294 Å². The number of aliphatic hydroxyl groups is 1. The van der Waals surface area contributed by atoms with Crippen LogP contribution in [0.15, 0.2) is 72.8 Å². The van der Waals surface area contributed by atoms with Gasteiger partial charge in [-0.3, -0.25) is 0 Å². The van der Waals surface area contributed by atoms with E-state index in [0.717, 1.165) is 34.8 Å². The zero-order chi connectivity index (χ0) is 35.3. The Morgan fingerprint density at radius 1 is 0.714 bits per heavy atom. The van der Waals surface area contributed by atoms with Crippen LogP contribution >= 0.6 is 0 Å². The van der Waals surface area contributed by atoms with Crippen LogP contribution < -0.4 is 9.47 Å². The van der Waals surface area contributed by atoms with Crippen LogP contribution in [0.5, 0.6) is 11.5 Å². The standard InChI is InChI=1S/C45H56O4/c1-28-21-35(22-29(2)41(28)45(9,10)49-39-23-30(3)42(31(4)24-39)48-27-40-26-47-40)34-15-20-38(25-34)43(5,6)36-16-11-32(12-17-36)33-13-18-37(19-14-33)44(7,8)46/h11-14,16-19,21-24,34,38,40,46H,15,20,25-27H2,1-10H3. The van der Waals surface area contributed by atoms with Gasteiger partial charge in [-0.25, -0.2) is 0 Å². The van der Waals surface area contributed by atoms with Gasteiger partial charge >= 0.3 is 0 Å². The van der Waals surface area contributed by atoms with E-state index in [1.807, 2.05) is 26.0 Å². The van der Waals surface area contributed by atoms with Gasteiger partial charge in [0.15, 0.2) is 0 Å². The average Bonchev–Trinajstić information content (AvgIpc) is 3.71. The average molecular weight is 661 g/mol. The van der Waals surface area contributed by atoms with Crippen LogP contribution in [-0.4, -0.2) is 24.4 Å². The van der Waals surface area contributed by atoms with Gasteiger partial charge in [0.1, 0.15) is 29.8 Å². The van der Waals surface area contributed by atoms with Gasteiger partial charge in [0, 0.05) is 5.56 Å². The molecule has 0 amide bonds. The fourth-order valence-corrected chi connectivity index (χ4v) is 8.40. The zero-order valence-electron chi connectivity index (χ0n) is 31.4. The van der Waals surface area contributed by atoms with Crippen molar-refractivity contribution in [2.45, 2.75) is 117 Å². The van der Waals surface area contributed by atoms with Gasteiger partial charge in [-0.1, -0.05) is 74.5 Å². The largest absolute Gasteiger partial charge is 0.490 e. The van der Waals surface area contributed by atoms with Crippen LogP contribution in [0.1, 0.15) is 111 Å². The molecule has 1 N–H and O–H groups in total. The molecule has 1 saturated carbocycles. The van der Waals surface area contributed by atoms with Crippen molar-refractivity contribution in [1.29, 1.82) is 0 Å². The lowest BCUT2D eigenvalue weighted by atomic mass is 9.72. The van der Waals surface area contributed by atoms with Crippen LogP contribution in [-0.2, 0) is 21.4 Å². The van der Waals surface area contributed by atoms with E-state index in [1.54, 1.807) is 0 Å². The van der Waals surface area contributed by atoms with Gasteiger partial charge in [-0.05, 0) is 154 Å². The molecule has 1 heterocycles. The molecule has 260 valence electrons.